The van der Waals surface area contributed by atoms with Gasteiger partial charge in [0.05, 0.1) is 12.2 Å². The average Bonchev–Trinajstić information content (AvgIpc) is 2.71. The maximum Gasteiger partial charge on any atom is 0.0608 e. The van der Waals surface area contributed by atoms with Gasteiger partial charge in [0.2, 0.25) is 0 Å². The summed E-state index contributed by atoms with van der Waals surface area (Å²) in [7, 11) is 1.93. The zero-order valence-electron chi connectivity index (χ0n) is 10.3. The highest BCUT2D eigenvalue weighted by molar-refractivity contribution is 9.11. The van der Waals surface area contributed by atoms with Crippen molar-refractivity contribution in [3.8, 4) is 0 Å². The molecule has 1 unspecified atom stereocenters. The third-order valence-corrected chi connectivity index (χ3v) is 3.60. The molecule has 0 fully saturated rings. The van der Waals surface area contributed by atoms with Gasteiger partial charge >= 0.3 is 0 Å². The molecule has 2 aromatic rings. The highest BCUT2D eigenvalue weighted by atomic mass is 79.9. The summed E-state index contributed by atoms with van der Waals surface area (Å²) in [6.07, 6.45) is 3.95. The minimum Gasteiger partial charge on any atom is -0.306 e. The summed E-state index contributed by atoms with van der Waals surface area (Å²) in [5.41, 5.74) is 2.38. The Morgan fingerprint density at radius 2 is 1.89 bits per heavy atom. The van der Waals surface area contributed by atoms with Gasteiger partial charge in [-0.3, -0.25) is 4.68 Å². The van der Waals surface area contributed by atoms with E-state index in [9.17, 15) is 0 Å². The largest absolute Gasteiger partial charge is 0.306 e. The molecular weight excluding hydrogens is 358 g/mol. The summed E-state index contributed by atoms with van der Waals surface area (Å²) < 4.78 is 3.96. The van der Waals surface area contributed by atoms with E-state index in [0.29, 0.717) is 0 Å². The van der Waals surface area contributed by atoms with Gasteiger partial charge in [-0.05, 0) is 30.3 Å². The van der Waals surface area contributed by atoms with E-state index in [2.05, 4.69) is 61.3 Å². The lowest BCUT2D eigenvalue weighted by molar-refractivity contribution is 0.629. The zero-order valence-corrected chi connectivity index (χ0v) is 13.5. The number of nitrogens with one attached hydrogen (secondary N) is 1. The number of rotatable bonds is 4. The minimum atomic E-state index is 0.164. The van der Waals surface area contributed by atoms with Crippen LogP contribution in [0.25, 0.3) is 0 Å². The highest BCUT2D eigenvalue weighted by Crippen LogP contribution is 2.28. The van der Waals surface area contributed by atoms with Gasteiger partial charge in [-0.15, -0.1) is 0 Å². The van der Waals surface area contributed by atoms with Crippen molar-refractivity contribution in [2.45, 2.75) is 13.0 Å². The van der Waals surface area contributed by atoms with Crippen molar-refractivity contribution < 1.29 is 0 Å². The van der Waals surface area contributed by atoms with E-state index in [4.69, 9.17) is 0 Å². The van der Waals surface area contributed by atoms with Gasteiger partial charge in [-0.1, -0.05) is 38.8 Å². The number of aryl methyl sites for hydroxylation is 1. The van der Waals surface area contributed by atoms with Crippen LogP contribution in [-0.4, -0.2) is 16.3 Å². The Morgan fingerprint density at radius 3 is 2.39 bits per heavy atom. The highest BCUT2D eigenvalue weighted by Gasteiger charge is 2.15. The monoisotopic (exact) mass is 371 g/mol. The number of nitrogens with zero attached hydrogens (tertiary/aromatic N) is 2. The number of hydrogen-bond donors (Lipinski definition) is 1. The zero-order chi connectivity index (χ0) is 13.1. The molecule has 2 rings (SSSR count). The summed E-state index contributed by atoms with van der Waals surface area (Å²) in [4.78, 5) is 0. The van der Waals surface area contributed by atoms with Crippen LogP contribution in [0.3, 0.4) is 0 Å². The molecule has 0 amide bonds. The van der Waals surface area contributed by atoms with Gasteiger partial charge in [0.1, 0.15) is 0 Å². The molecule has 3 nitrogen and oxygen atoms in total. The first-order valence-corrected chi connectivity index (χ1v) is 7.36. The predicted molar refractivity (Wildman–Crippen MR) is 80.6 cm³/mol. The maximum absolute atomic E-state index is 4.24. The minimum absolute atomic E-state index is 0.164. The molecule has 0 saturated carbocycles. The molecule has 0 aliphatic rings. The van der Waals surface area contributed by atoms with Crippen molar-refractivity contribution in [3.63, 3.8) is 0 Å². The van der Waals surface area contributed by atoms with Gasteiger partial charge < -0.3 is 5.32 Å². The number of aromatic nitrogens is 2. The standard InChI is InChI=1S/C13H15Br2N3/c1-3-16-13(10-7-17-18(2)8-10)9-4-11(14)6-12(15)5-9/h4-8,13,16H,3H2,1-2H3. The van der Waals surface area contributed by atoms with E-state index < -0.39 is 0 Å². The van der Waals surface area contributed by atoms with Crippen molar-refractivity contribution >= 4 is 31.9 Å². The molecule has 0 aliphatic heterocycles. The lowest BCUT2D eigenvalue weighted by Gasteiger charge is -2.17. The average molecular weight is 373 g/mol. The van der Waals surface area contributed by atoms with Crippen molar-refractivity contribution in [2.24, 2.45) is 7.05 Å². The molecular formula is C13H15Br2N3. The van der Waals surface area contributed by atoms with Crippen molar-refractivity contribution in [1.82, 2.24) is 15.1 Å². The quantitative estimate of drug-likeness (QED) is 0.887. The van der Waals surface area contributed by atoms with Gasteiger partial charge in [-0.25, -0.2) is 0 Å². The molecule has 1 aromatic heterocycles. The van der Waals surface area contributed by atoms with Crippen molar-refractivity contribution in [1.29, 1.82) is 0 Å². The molecule has 0 bridgehead atoms. The lowest BCUT2D eigenvalue weighted by atomic mass is 10.0. The van der Waals surface area contributed by atoms with E-state index in [1.54, 1.807) is 0 Å². The fourth-order valence-electron chi connectivity index (χ4n) is 1.96. The predicted octanol–water partition coefficient (Wildman–Crippen LogP) is 3.64. The summed E-state index contributed by atoms with van der Waals surface area (Å²) in [6.45, 7) is 3.01. The van der Waals surface area contributed by atoms with Crippen LogP contribution in [0, 0.1) is 0 Å². The first kappa shape index (κ1) is 13.8. The molecule has 0 saturated heterocycles. The first-order valence-electron chi connectivity index (χ1n) is 5.78. The lowest BCUT2D eigenvalue weighted by Crippen LogP contribution is -2.21. The SMILES string of the molecule is CCNC(c1cc(Br)cc(Br)c1)c1cnn(C)c1. The first-order chi connectivity index (χ1) is 8.60. The Kier molecular flexibility index (Phi) is 4.59. The van der Waals surface area contributed by atoms with Crippen LogP contribution in [0.15, 0.2) is 39.5 Å². The Morgan fingerprint density at radius 1 is 1.22 bits per heavy atom. The van der Waals surface area contributed by atoms with Gasteiger partial charge in [0.25, 0.3) is 0 Å². The summed E-state index contributed by atoms with van der Waals surface area (Å²) in [5.74, 6) is 0. The second-order valence-electron chi connectivity index (χ2n) is 4.14. The van der Waals surface area contributed by atoms with E-state index in [0.717, 1.165) is 15.5 Å². The van der Waals surface area contributed by atoms with E-state index in [1.165, 1.54) is 11.1 Å². The van der Waals surface area contributed by atoms with Gasteiger partial charge in [-0.2, -0.15) is 5.10 Å². The summed E-state index contributed by atoms with van der Waals surface area (Å²) >= 11 is 7.06. The maximum atomic E-state index is 4.24. The third-order valence-electron chi connectivity index (χ3n) is 2.68. The van der Waals surface area contributed by atoms with Crippen LogP contribution < -0.4 is 5.32 Å². The van der Waals surface area contributed by atoms with E-state index in [1.807, 2.05) is 30.2 Å². The molecule has 5 heteroatoms. The van der Waals surface area contributed by atoms with Gasteiger partial charge in [0, 0.05) is 27.8 Å². The molecule has 0 aliphatic carbocycles. The molecule has 1 aromatic carbocycles. The Balaban J connectivity index is 2.40. The topological polar surface area (TPSA) is 29.9 Å². The van der Waals surface area contributed by atoms with Crippen LogP contribution in [0.2, 0.25) is 0 Å². The van der Waals surface area contributed by atoms with Gasteiger partial charge in [0.15, 0.2) is 0 Å². The van der Waals surface area contributed by atoms with Crippen LogP contribution in [0.4, 0.5) is 0 Å². The van der Waals surface area contributed by atoms with E-state index >= 15 is 0 Å². The Hall–Kier alpha value is -0.650. The fourth-order valence-corrected chi connectivity index (χ4v) is 3.29. The van der Waals surface area contributed by atoms with Crippen LogP contribution >= 0.6 is 31.9 Å². The van der Waals surface area contributed by atoms with Crippen LogP contribution in [0.5, 0.6) is 0 Å². The van der Waals surface area contributed by atoms with E-state index in [-0.39, 0.29) is 6.04 Å². The Bertz CT molecular complexity index is 517. The van der Waals surface area contributed by atoms with Crippen molar-refractivity contribution in [3.05, 3.63) is 50.7 Å². The summed E-state index contributed by atoms with van der Waals surface area (Å²) in [6, 6.07) is 6.46. The smallest absolute Gasteiger partial charge is 0.0608 e. The molecule has 0 radical (unpaired) electrons. The van der Waals surface area contributed by atoms with Crippen molar-refractivity contribution in [2.75, 3.05) is 6.54 Å². The molecule has 1 heterocycles. The normalized spacial score (nSPS) is 12.7. The Labute approximate surface area is 124 Å². The number of halogens is 2. The molecule has 0 spiro atoms. The van der Waals surface area contributed by atoms with Crippen LogP contribution in [-0.2, 0) is 7.05 Å². The molecule has 1 atom stereocenters. The molecule has 18 heavy (non-hydrogen) atoms. The molecule has 1 N–H and O–H groups in total. The number of hydrogen-bond acceptors (Lipinski definition) is 2. The summed E-state index contributed by atoms with van der Waals surface area (Å²) in [5, 5.41) is 7.73. The molecule has 96 valence electrons. The second-order valence-corrected chi connectivity index (χ2v) is 5.97. The fraction of sp³-hybridized carbons (Fsp3) is 0.308. The number of benzene rings is 1. The second kappa shape index (κ2) is 5.99. The van der Waals surface area contributed by atoms with Crippen LogP contribution in [0.1, 0.15) is 24.1 Å². The third kappa shape index (κ3) is 3.22.